The molecule has 0 bridgehead atoms. The number of hydrogen-bond acceptors (Lipinski definition) is 1. The highest BCUT2D eigenvalue weighted by Gasteiger charge is 2.22. The van der Waals surface area contributed by atoms with E-state index in [1.165, 1.54) is 93.9 Å². The van der Waals surface area contributed by atoms with Crippen molar-refractivity contribution in [2.24, 2.45) is 5.92 Å². The SMILES string of the molecule is CCCCCCCCCCCCCCC1=Cc2ccccc2[C@@H](CC(C)C)O1. The lowest BCUT2D eigenvalue weighted by atomic mass is 9.92. The van der Waals surface area contributed by atoms with Gasteiger partial charge in [-0.05, 0) is 36.0 Å². The van der Waals surface area contributed by atoms with E-state index in [9.17, 15) is 0 Å². The Labute approximate surface area is 175 Å². The van der Waals surface area contributed by atoms with Crippen LogP contribution in [0.5, 0.6) is 0 Å². The van der Waals surface area contributed by atoms with Crippen LogP contribution >= 0.6 is 0 Å². The molecule has 1 heterocycles. The second-order valence-electron chi connectivity index (χ2n) is 9.11. The Morgan fingerprint density at radius 1 is 0.786 bits per heavy atom. The molecule has 1 aliphatic heterocycles. The van der Waals surface area contributed by atoms with Crippen LogP contribution in [0.4, 0.5) is 0 Å². The van der Waals surface area contributed by atoms with Gasteiger partial charge < -0.3 is 4.74 Å². The molecular weight excluding hydrogens is 340 g/mol. The van der Waals surface area contributed by atoms with E-state index in [1.807, 2.05) is 0 Å². The van der Waals surface area contributed by atoms with Crippen LogP contribution in [0, 0.1) is 5.92 Å². The molecule has 0 aromatic heterocycles. The highest BCUT2D eigenvalue weighted by Crippen LogP contribution is 2.36. The predicted octanol–water partition coefficient (Wildman–Crippen LogP) is 9.24. The summed E-state index contributed by atoms with van der Waals surface area (Å²) in [4.78, 5) is 0. The van der Waals surface area contributed by atoms with Crippen LogP contribution in [0.3, 0.4) is 0 Å². The van der Waals surface area contributed by atoms with Gasteiger partial charge in [-0.1, -0.05) is 116 Å². The fourth-order valence-corrected chi connectivity index (χ4v) is 4.26. The van der Waals surface area contributed by atoms with Crippen LogP contribution in [0.15, 0.2) is 30.0 Å². The predicted molar refractivity (Wildman–Crippen MR) is 123 cm³/mol. The van der Waals surface area contributed by atoms with Gasteiger partial charge in [-0.3, -0.25) is 0 Å². The molecule has 1 aliphatic rings. The molecule has 1 atom stereocenters. The number of rotatable bonds is 15. The molecule has 0 amide bonds. The van der Waals surface area contributed by atoms with Crippen molar-refractivity contribution in [2.75, 3.05) is 0 Å². The number of fused-ring (bicyclic) bond motifs is 1. The lowest BCUT2D eigenvalue weighted by Gasteiger charge is -2.28. The van der Waals surface area contributed by atoms with E-state index in [1.54, 1.807) is 0 Å². The van der Waals surface area contributed by atoms with Crippen LogP contribution in [0.2, 0.25) is 0 Å². The Kier molecular flexibility index (Phi) is 11.4. The van der Waals surface area contributed by atoms with Crippen LogP contribution in [-0.4, -0.2) is 0 Å². The molecule has 0 spiro atoms. The normalized spacial score (nSPS) is 16.0. The molecule has 0 unspecified atom stereocenters. The molecule has 1 aromatic carbocycles. The Hall–Kier alpha value is -1.24. The van der Waals surface area contributed by atoms with E-state index in [0.717, 1.165) is 12.8 Å². The minimum absolute atomic E-state index is 0.244. The van der Waals surface area contributed by atoms with Crippen molar-refractivity contribution < 1.29 is 4.74 Å². The largest absolute Gasteiger partial charge is 0.490 e. The van der Waals surface area contributed by atoms with Crippen molar-refractivity contribution in [1.82, 2.24) is 0 Å². The van der Waals surface area contributed by atoms with Gasteiger partial charge in [0.25, 0.3) is 0 Å². The monoisotopic (exact) mass is 384 g/mol. The zero-order valence-corrected chi connectivity index (χ0v) is 18.8. The molecule has 0 fully saturated rings. The van der Waals surface area contributed by atoms with Crippen molar-refractivity contribution >= 4 is 6.08 Å². The summed E-state index contributed by atoms with van der Waals surface area (Å²) in [5.41, 5.74) is 2.74. The van der Waals surface area contributed by atoms with Gasteiger partial charge in [0.1, 0.15) is 6.10 Å². The maximum absolute atomic E-state index is 6.38. The third-order valence-electron chi connectivity index (χ3n) is 5.92. The summed E-state index contributed by atoms with van der Waals surface area (Å²) in [5.74, 6) is 1.86. The van der Waals surface area contributed by atoms with Crippen molar-refractivity contribution in [3.05, 3.63) is 41.2 Å². The van der Waals surface area contributed by atoms with Gasteiger partial charge in [0.2, 0.25) is 0 Å². The third-order valence-corrected chi connectivity index (χ3v) is 5.92. The fraction of sp³-hybridized carbons (Fsp3) is 0.704. The van der Waals surface area contributed by atoms with Gasteiger partial charge >= 0.3 is 0 Å². The number of hydrogen-bond donors (Lipinski definition) is 0. The first-order chi connectivity index (χ1) is 13.7. The lowest BCUT2D eigenvalue weighted by Crippen LogP contribution is -2.13. The minimum Gasteiger partial charge on any atom is -0.490 e. The Balaban J connectivity index is 1.58. The van der Waals surface area contributed by atoms with E-state index in [4.69, 9.17) is 4.74 Å². The van der Waals surface area contributed by atoms with E-state index < -0.39 is 0 Å². The van der Waals surface area contributed by atoms with Crippen LogP contribution in [0.25, 0.3) is 6.08 Å². The zero-order chi connectivity index (χ0) is 20.0. The van der Waals surface area contributed by atoms with Crippen molar-refractivity contribution in [1.29, 1.82) is 0 Å². The van der Waals surface area contributed by atoms with Crippen molar-refractivity contribution in [3.8, 4) is 0 Å². The van der Waals surface area contributed by atoms with Crippen LogP contribution < -0.4 is 0 Å². The Morgan fingerprint density at radius 3 is 1.96 bits per heavy atom. The summed E-state index contributed by atoms with van der Waals surface area (Å²) in [6.07, 6.45) is 21.6. The minimum atomic E-state index is 0.244. The van der Waals surface area contributed by atoms with Crippen molar-refractivity contribution in [2.45, 2.75) is 117 Å². The summed E-state index contributed by atoms with van der Waals surface area (Å²) in [6.45, 7) is 6.87. The molecule has 158 valence electrons. The average Bonchev–Trinajstić information content (AvgIpc) is 2.68. The molecule has 0 N–H and O–H groups in total. The molecule has 28 heavy (non-hydrogen) atoms. The summed E-state index contributed by atoms with van der Waals surface area (Å²) < 4.78 is 6.38. The topological polar surface area (TPSA) is 9.23 Å². The standard InChI is InChI=1S/C27H44O/c1-4-5-6-7-8-9-10-11-12-13-14-15-19-25-22-24-18-16-17-20-26(24)27(28-25)21-23(2)3/h16-18,20,22-23,27H,4-15,19,21H2,1-3H3/t27-/m1/s1. The van der Waals surface area contributed by atoms with Gasteiger partial charge in [0.05, 0.1) is 5.76 Å². The highest BCUT2D eigenvalue weighted by atomic mass is 16.5. The maximum Gasteiger partial charge on any atom is 0.124 e. The first-order valence-corrected chi connectivity index (χ1v) is 12.2. The van der Waals surface area contributed by atoms with E-state index >= 15 is 0 Å². The van der Waals surface area contributed by atoms with Gasteiger partial charge in [0, 0.05) is 6.42 Å². The first-order valence-electron chi connectivity index (χ1n) is 12.2. The van der Waals surface area contributed by atoms with Crippen LogP contribution in [-0.2, 0) is 4.74 Å². The van der Waals surface area contributed by atoms with E-state index in [-0.39, 0.29) is 6.10 Å². The molecule has 0 saturated heterocycles. The summed E-state index contributed by atoms with van der Waals surface area (Å²) >= 11 is 0. The number of allylic oxidation sites excluding steroid dienone is 1. The lowest BCUT2D eigenvalue weighted by molar-refractivity contribution is 0.0883. The summed E-state index contributed by atoms with van der Waals surface area (Å²) in [6, 6.07) is 8.76. The van der Waals surface area contributed by atoms with Crippen LogP contribution in [0.1, 0.15) is 128 Å². The van der Waals surface area contributed by atoms with Gasteiger partial charge in [-0.15, -0.1) is 0 Å². The molecule has 0 aliphatic carbocycles. The first kappa shape index (κ1) is 23.0. The summed E-state index contributed by atoms with van der Waals surface area (Å²) in [5, 5.41) is 0. The molecule has 1 heteroatoms. The average molecular weight is 385 g/mol. The van der Waals surface area contributed by atoms with Gasteiger partial charge in [-0.2, -0.15) is 0 Å². The summed E-state index contributed by atoms with van der Waals surface area (Å²) in [7, 11) is 0. The van der Waals surface area contributed by atoms with E-state index in [2.05, 4.69) is 51.1 Å². The second kappa shape index (κ2) is 13.9. The second-order valence-corrected chi connectivity index (χ2v) is 9.11. The number of ether oxygens (including phenoxy) is 1. The quantitative estimate of drug-likeness (QED) is 0.274. The fourth-order valence-electron chi connectivity index (χ4n) is 4.26. The number of benzene rings is 1. The van der Waals surface area contributed by atoms with E-state index in [0.29, 0.717) is 5.92 Å². The molecule has 0 radical (unpaired) electrons. The van der Waals surface area contributed by atoms with Crippen molar-refractivity contribution in [3.63, 3.8) is 0 Å². The smallest absolute Gasteiger partial charge is 0.124 e. The number of unbranched alkanes of at least 4 members (excludes halogenated alkanes) is 11. The Bertz CT molecular complexity index is 557. The molecule has 1 aromatic rings. The maximum atomic E-state index is 6.38. The van der Waals surface area contributed by atoms with Gasteiger partial charge in [0.15, 0.2) is 0 Å². The highest BCUT2D eigenvalue weighted by molar-refractivity contribution is 5.58. The molecular formula is C27H44O. The molecule has 0 saturated carbocycles. The Morgan fingerprint density at radius 2 is 1.36 bits per heavy atom. The van der Waals surface area contributed by atoms with Gasteiger partial charge in [-0.25, -0.2) is 0 Å². The third kappa shape index (κ3) is 8.84. The zero-order valence-electron chi connectivity index (χ0n) is 18.8. The molecule has 2 rings (SSSR count). The molecule has 1 nitrogen and oxygen atoms in total.